The second kappa shape index (κ2) is 8.21. The van der Waals surface area contributed by atoms with Crippen LogP contribution in [-0.2, 0) is 11.3 Å². The molecule has 6 nitrogen and oxygen atoms in total. The van der Waals surface area contributed by atoms with Crippen molar-refractivity contribution >= 4 is 46.5 Å². The van der Waals surface area contributed by atoms with Crippen molar-refractivity contribution in [3.63, 3.8) is 0 Å². The van der Waals surface area contributed by atoms with Gasteiger partial charge in [0.2, 0.25) is 5.91 Å². The van der Waals surface area contributed by atoms with Gasteiger partial charge in [0.1, 0.15) is 21.7 Å². The minimum absolute atomic E-state index is 0.0527. The van der Waals surface area contributed by atoms with Crippen LogP contribution in [0.15, 0.2) is 22.8 Å². The lowest BCUT2D eigenvalue weighted by Crippen LogP contribution is -2.43. The van der Waals surface area contributed by atoms with Gasteiger partial charge in [0.25, 0.3) is 5.91 Å². The number of carbonyl (C=O) groups is 2. The standard InChI is InChI=1S/C16H17Cl2N3O3S/c17-13-14(20-25-15(13)18)16(23)21(8-11-6-3-7-24-11)9-12(22)19-10-4-1-2-5-10/h3,6-7,10H,1-2,4-5,8-9H2,(H,19,22). The first-order valence-electron chi connectivity index (χ1n) is 7.96. The number of nitrogens with one attached hydrogen (secondary N) is 1. The van der Waals surface area contributed by atoms with Crippen molar-refractivity contribution in [2.45, 2.75) is 38.3 Å². The summed E-state index contributed by atoms with van der Waals surface area (Å²) in [5, 5.41) is 3.08. The molecule has 1 fully saturated rings. The second-order valence-corrected chi connectivity index (χ2v) is 7.66. The first kappa shape index (κ1) is 18.2. The summed E-state index contributed by atoms with van der Waals surface area (Å²) in [5.74, 6) is -0.0881. The number of furan rings is 1. The average Bonchev–Trinajstić information content (AvgIpc) is 3.32. The molecular formula is C16H17Cl2N3O3S. The lowest BCUT2D eigenvalue weighted by Gasteiger charge is -2.22. The van der Waals surface area contributed by atoms with Crippen molar-refractivity contribution < 1.29 is 14.0 Å². The van der Waals surface area contributed by atoms with E-state index in [-0.39, 0.29) is 40.1 Å². The predicted octanol–water partition coefficient (Wildman–Crippen LogP) is 3.74. The van der Waals surface area contributed by atoms with Crippen LogP contribution in [0.3, 0.4) is 0 Å². The van der Waals surface area contributed by atoms with Crippen LogP contribution in [0.4, 0.5) is 0 Å². The minimum atomic E-state index is -0.453. The molecule has 2 aromatic heterocycles. The lowest BCUT2D eigenvalue weighted by atomic mass is 10.2. The molecule has 2 amide bonds. The summed E-state index contributed by atoms with van der Waals surface area (Å²) in [6.45, 7) is 0.0525. The summed E-state index contributed by atoms with van der Waals surface area (Å²) in [4.78, 5) is 26.5. The van der Waals surface area contributed by atoms with E-state index in [4.69, 9.17) is 27.6 Å². The summed E-state index contributed by atoms with van der Waals surface area (Å²) < 4.78 is 9.55. The molecule has 1 saturated carbocycles. The third-order valence-corrected chi connectivity index (χ3v) is 5.68. The maximum Gasteiger partial charge on any atom is 0.276 e. The minimum Gasteiger partial charge on any atom is -0.467 e. The Morgan fingerprint density at radius 2 is 2.12 bits per heavy atom. The van der Waals surface area contributed by atoms with Gasteiger partial charge in [-0.15, -0.1) is 0 Å². The van der Waals surface area contributed by atoms with Gasteiger partial charge in [-0.1, -0.05) is 36.0 Å². The highest BCUT2D eigenvalue weighted by molar-refractivity contribution is 7.11. The maximum absolute atomic E-state index is 12.8. The molecule has 0 radical (unpaired) electrons. The number of halogens is 2. The van der Waals surface area contributed by atoms with Gasteiger partial charge in [0.15, 0.2) is 5.69 Å². The molecule has 3 rings (SSSR count). The van der Waals surface area contributed by atoms with E-state index >= 15 is 0 Å². The molecule has 1 aliphatic carbocycles. The third kappa shape index (κ3) is 4.54. The van der Waals surface area contributed by atoms with Crippen LogP contribution < -0.4 is 5.32 Å². The highest BCUT2D eigenvalue weighted by Crippen LogP contribution is 2.30. The smallest absolute Gasteiger partial charge is 0.276 e. The molecule has 1 aliphatic rings. The average molecular weight is 402 g/mol. The monoisotopic (exact) mass is 401 g/mol. The van der Waals surface area contributed by atoms with Gasteiger partial charge in [-0.25, -0.2) is 0 Å². The van der Waals surface area contributed by atoms with Gasteiger partial charge in [-0.2, -0.15) is 4.37 Å². The van der Waals surface area contributed by atoms with Gasteiger partial charge in [0, 0.05) is 6.04 Å². The number of nitrogens with zero attached hydrogens (tertiary/aromatic N) is 2. The van der Waals surface area contributed by atoms with Crippen molar-refractivity contribution in [2.24, 2.45) is 0 Å². The Hall–Kier alpha value is -1.57. The number of hydrogen-bond donors (Lipinski definition) is 1. The number of hydrogen-bond acceptors (Lipinski definition) is 5. The van der Waals surface area contributed by atoms with E-state index in [1.165, 1.54) is 11.2 Å². The Bertz CT molecular complexity index is 742. The number of amides is 2. The van der Waals surface area contributed by atoms with Crippen molar-refractivity contribution in [1.82, 2.24) is 14.6 Å². The molecule has 0 bridgehead atoms. The zero-order valence-electron chi connectivity index (χ0n) is 13.3. The first-order chi connectivity index (χ1) is 12.0. The van der Waals surface area contributed by atoms with Crippen molar-refractivity contribution in [3.8, 4) is 0 Å². The lowest BCUT2D eigenvalue weighted by molar-refractivity contribution is -0.122. The molecule has 2 heterocycles. The summed E-state index contributed by atoms with van der Waals surface area (Å²) in [6.07, 6.45) is 5.71. The van der Waals surface area contributed by atoms with E-state index in [1.807, 2.05) is 0 Å². The summed E-state index contributed by atoms with van der Waals surface area (Å²) in [6, 6.07) is 3.65. The van der Waals surface area contributed by atoms with Crippen molar-refractivity contribution in [2.75, 3.05) is 6.54 Å². The summed E-state index contributed by atoms with van der Waals surface area (Å²) >= 11 is 12.9. The molecule has 0 unspecified atom stereocenters. The van der Waals surface area contributed by atoms with Crippen LogP contribution in [0, 0.1) is 0 Å². The van der Waals surface area contributed by atoms with Crippen LogP contribution in [-0.4, -0.2) is 33.7 Å². The topological polar surface area (TPSA) is 75.4 Å². The molecule has 1 N–H and O–H groups in total. The fourth-order valence-electron chi connectivity index (χ4n) is 2.85. The predicted molar refractivity (Wildman–Crippen MR) is 96.0 cm³/mol. The van der Waals surface area contributed by atoms with Crippen LogP contribution in [0.2, 0.25) is 9.36 Å². The zero-order valence-corrected chi connectivity index (χ0v) is 15.7. The Morgan fingerprint density at radius 1 is 1.36 bits per heavy atom. The molecule has 0 atom stereocenters. The van der Waals surface area contributed by atoms with E-state index in [0.717, 1.165) is 37.2 Å². The molecule has 134 valence electrons. The molecule has 0 spiro atoms. The molecular weight excluding hydrogens is 385 g/mol. The number of rotatable bonds is 6. The van der Waals surface area contributed by atoms with Crippen LogP contribution >= 0.6 is 34.7 Å². The Morgan fingerprint density at radius 3 is 2.72 bits per heavy atom. The summed E-state index contributed by atoms with van der Waals surface area (Å²) in [5.41, 5.74) is 0.0527. The fourth-order valence-corrected chi connectivity index (χ4v) is 3.84. The SMILES string of the molecule is O=C(CN(Cc1ccco1)C(=O)c1nsc(Cl)c1Cl)NC1CCCC1. The van der Waals surface area contributed by atoms with Gasteiger partial charge in [0.05, 0.1) is 12.8 Å². The van der Waals surface area contributed by atoms with E-state index in [0.29, 0.717) is 5.76 Å². The molecule has 25 heavy (non-hydrogen) atoms. The van der Waals surface area contributed by atoms with Gasteiger partial charge in [-0.3, -0.25) is 9.59 Å². The highest BCUT2D eigenvalue weighted by atomic mass is 35.5. The van der Waals surface area contributed by atoms with E-state index in [9.17, 15) is 9.59 Å². The summed E-state index contributed by atoms with van der Waals surface area (Å²) in [7, 11) is 0. The van der Waals surface area contributed by atoms with E-state index in [2.05, 4.69) is 9.69 Å². The second-order valence-electron chi connectivity index (χ2n) is 5.91. The normalized spacial score (nSPS) is 14.6. The molecule has 0 saturated heterocycles. The third-order valence-electron chi connectivity index (χ3n) is 4.07. The Labute approximate surface area is 159 Å². The zero-order chi connectivity index (χ0) is 17.8. The van der Waals surface area contributed by atoms with Crippen molar-refractivity contribution in [3.05, 3.63) is 39.2 Å². The Balaban J connectivity index is 1.73. The van der Waals surface area contributed by atoms with E-state index < -0.39 is 5.91 Å². The van der Waals surface area contributed by atoms with Crippen LogP contribution in [0.25, 0.3) is 0 Å². The number of carbonyl (C=O) groups excluding carboxylic acids is 2. The number of aromatic nitrogens is 1. The van der Waals surface area contributed by atoms with E-state index in [1.54, 1.807) is 12.1 Å². The Kier molecular flexibility index (Phi) is 5.98. The van der Waals surface area contributed by atoms with Gasteiger partial charge >= 0.3 is 0 Å². The highest BCUT2D eigenvalue weighted by Gasteiger charge is 2.27. The molecule has 2 aromatic rings. The molecule has 0 aromatic carbocycles. The first-order valence-corrected chi connectivity index (χ1v) is 9.49. The molecule has 9 heteroatoms. The fraction of sp³-hybridized carbons (Fsp3) is 0.438. The maximum atomic E-state index is 12.8. The molecule has 0 aliphatic heterocycles. The van der Waals surface area contributed by atoms with Crippen molar-refractivity contribution in [1.29, 1.82) is 0 Å². The van der Waals surface area contributed by atoms with Gasteiger partial charge < -0.3 is 14.6 Å². The van der Waals surface area contributed by atoms with Crippen LogP contribution in [0.5, 0.6) is 0 Å². The largest absolute Gasteiger partial charge is 0.467 e. The quantitative estimate of drug-likeness (QED) is 0.799. The van der Waals surface area contributed by atoms with Crippen LogP contribution in [0.1, 0.15) is 41.9 Å². The van der Waals surface area contributed by atoms with Gasteiger partial charge in [-0.05, 0) is 36.5 Å².